The van der Waals surface area contributed by atoms with Gasteiger partial charge in [-0.05, 0) is 24.3 Å². The molecule has 0 fully saturated rings. The number of hydrogen-bond acceptors (Lipinski definition) is 5. The summed E-state index contributed by atoms with van der Waals surface area (Å²) in [4.78, 5) is 60.0. The lowest BCUT2D eigenvalue weighted by molar-refractivity contribution is -0.138. The Hall–Kier alpha value is -3.43. The summed E-state index contributed by atoms with van der Waals surface area (Å²) < 4.78 is 0. The summed E-state index contributed by atoms with van der Waals surface area (Å²) in [6, 6.07) is 5.76. The minimum atomic E-state index is -1.22. The molecule has 0 aliphatic carbocycles. The van der Waals surface area contributed by atoms with E-state index in [-0.39, 0.29) is 25.2 Å². The van der Waals surface area contributed by atoms with Gasteiger partial charge in [0.05, 0.1) is 0 Å². The van der Waals surface area contributed by atoms with Crippen LogP contribution < -0.4 is 21.7 Å². The maximum atomic E-state index is 12.8. The Morgan fingerprint density at radius 2 is 1.47 bits per heavy atom. The number of nitrogens with one attached hydrogen (secondary N) is 3. The molecule has 4 amide bonds. The van der Waals surface area contributed by atoms with E-state index in [4.69, 9.17) is 10.8 Å². The summed E-state index contributed by atoms with van der Waals surface area (Å²) >= 11 is 0. The van der Waals surface area contributed by atoms with E-state index >= 15 is 0 Å². The molecule has 1 aromatic rings. The summed E-state index contributed by atoms with van der Waals surface area (Å²) in [6.07, 6.45) is -0.106. The second kappa shape index (κ2) is 13.1. The molecule has 176 valence electrons. The van der Waals surface area contributed by atoms with Crippen LogP contribution in [0.4, 0.5) is 0 Å². The fraction of sp³-hybridized carbons (Fsp3) is 0.500. The van der Waals surface area contributed by atoms with Crippen LogP contribution in [0, 0.1) is 5.92 Å². The van der Waals surface area contributed by atoms with Crippen LogP contribution in [0.5, 0.6) is 0 Å². The lowest BCUT2D eigenvalue weighted by Crippen LogP contribution is -2.56. The molecule has 0 aliphatic rings. The lowest BCUT2D eigenvalue weighted by Gasteiger charge is -2.25. The molecule has 32 heavy (non-hydrogen) atoms. The highest BCUT2D eigenvalue weighted by atomic mass is 16.4. The molecule has 6 N–H and O–H groups in total. The fourth-order valence-corrected chi connectivity index (χ4v) is 3.10. The molecule has 1 aromatic carbocycles. The number of aliphatic carboxylic acids is 1. The molecule has 3 unspecified atom stereocenters. The average Bonchev–Trinajstić information content (AvgIpc) is 2.69. The number of carboxylic acids is 1. The largest absolute Gasteiger partial charge is 0.481 e. The molecular formula is C22H32N4O6. The lowest BCUT2D eigenvalue weighted by atomic mass is 10.0. The first-order valence-corrected chi connectivity index (χ1v) is 10.4. The number of carbonyl (C=O) groups is 5. The Labute approximate surface area is 187 Å². The Morgan fingerprint density at radius 1 is 0.906 bits per heavy atom. The normalized spacial score (nSPS) is 13.5. The zero-order valence-corrected chi connectivity index (χ0v) is 18.6. The predicted octanol–water partition coefficient (Wildman–Crippen LogP) is 0.0996. The van der Waals surface area contributed by atoms with Crippen LogP contribution in [0.15, 0.2) is 30.3 Å². The van der Waals surface area contributed by atoms with Gasteiger partial charge < -0.3 is 26.8 Å². The summed E-state index contributed by atoms with van der Waals surface area (Å²) in [6.45, 7) is 5.02. The molecule has 0 saturated carbocycles. The summed E-state index contributed by atoms with van der Waals surface area (Å²) in [5.41, 5.74) is 6.20. The Bertz CT molecular complexity index is 812. The SMILES string of the molecule is CC(=O)NC(CC(C)C)C(=O)NC(CCC(=O)O)C(=O)NC(Cc1ccccc1)C(N)=O. The van der Waals surface area contributed by atoms with Gasteiger partial charge in [-0.2, -0.15) is 0 Å². The van der Waals surface area contributed by atoms with Crippen molar-refractivity contribution in [2.24, 2.45) is 11.7 Å². The third-order valence-electron chi connectivity index (χ3n) is 4.62. The summed E-state index contributed by atoms with van der Waals surface area (Å²) in [7, 11) is 0. The molecule has 10 nitrogen and oxygen atoms in total. The van der Waals surface area contributed by atoms with Gasteiger partial charge in [0.1, 0.15) is 18.1 Å². The third kappa shape index (κ3) is 10.1. The van der Waals surface area contributed by atoms with Gasteiger partial charge in [-0.3, -0.25) is 24.0 Å². The van der Waals surface area contributed by atoms with E-state index in [1.165, 1.54) is 6.92 Å². The van der Waals surface area contributed by atoms with E-state index in [2.05, 4.69) is 16.0 Å². The van der Waals surface area contributed by atoms with Gasteiger partial charge in [-0.1, -0.05) is 44.2 Å². The van der Waals surface area contributed by atoms with Crippen molar-refractivity contribution in [1.29, 1.82) is 0 Å². The van der Waals surface area contributed by atoms with Gasteiger partial charge in [-0.15, -0.1) is 0 Å². The number of benzene rings is 1. The molecule has 0 heterocycles. The third-order valence-corrected chi connectivity index (χ3v) is 4.62. The topological polar surface area (TPSA) is 168 Å². The second-order valence-corrected chi connectivity index (χ2v) is 8.03. The molecule has 0 aliphatic heterocycles. The van der Waals surface area contributed by atoms with Gasteiger partial charge >= 0.3 is 5.97 Å². The molecule has 0 spiro atoms. The van der Waals surface area contributed by atoms with Crippen molar-refractivity contribution in [2.45, 2.75) is 64.6 Å². The Balaban J connectivity index is 2.97. The van der Waals surface area contributed by atoms with Crippen molar-refractivity contribution in [1.82, 2.24) is 16.0 Å². The van der Waals surface area contributed by atoms with Crippen LogP contribution in [0.3, 0.4) is 0 Å². The molecular weight excluding hydrogens is 416 g/mol. The highest BCUT2D eigenvalue weighted by molar-refractivity contribution is 5.94. The van der Waals surface area contributed by atoms with Crippen LogP contribution in [0.25, 0.3) is 0 Å². The quantitative estimate of drug-likeness (QED) is 0.287. The van der Waals surface area contributed by atoms with Gasteiger partial charge in [-0.25, -0.2) is 0 Å². The number of carboxylic acid groups (broad SMARTS) is 1. The van der Waals surface area contributed by atoms with E-state index in [9.17, 15) is 24.0 Å². The van der Waals surface area contributed by atoms with Gasteiger partial charge in [0.15, 0.2) is 0 Å². The van der Waals surface area contributed by atoms with Crippen molar-refractivity contribution < 1.29 is 29.1 Å². The standard InChI is InChI=1S/C22H32N4O6/c1-13(2)11-18(24-14(3)27)22(32)25-16(9-10-19(28)29)21(31)26-17(20(23)30)12-15-7-5-4-6-8-15/h4-8,13,16-18H,9-12H2,1-3H3,(H2,23,30)(H,24,27)(H,25,32)(H,26,31)(H,28,29). The maximum Gasteiger partial charge on any atom is 0.303 e. The van der Waals surface area contributed by atoms with Crippen molar-refractivity contribution >= 4 is 29.6 Å². The number of amides is 4. The first kappa shape index (κ1) is 26.6. The number of nitrogens with two attached hydrogens (primary N) is 1. The fourth-order valence-electron chi connectivity index (χ4n) is 3.10. The Morgan fingerprint density at radius 3 is 1.97 bits per heavy atom. The molecule has 0 saturated heterocycles. The number of carbonyl (C=O) groups excluding carboxylic acids is 4. The highest BCUT2D eigenvalue weighted by Crippen LogP contribution is 2.08. The van der Waals surface area contributed by atoms with Crippen molar-refractivity contribution in [3.8, 4) is 0 Å². The predicted molar refractivity (Wildman–Crippen MR) is 117 cm³/mol. The summed E-state index contributed by atoms with van der Waals surface area (Å²) in [5, 5.41) is 16.6. The number of hydrogen-bond donors (Lipinski definition) is 5. The zero-order chi connectivity index (χ0) is 24.3. The smallest absolute Gasteiger partial charge is 0.303 e. The van der Waals surface area contributed by atoms with E-state index in [1.54, 1.807) is 24.3 Å². The van der Waals surface area contributed by atoms with Crippen LogP contribution in [0.1, 0.15) is 45.6 Å². The first-order chi connectivity index (χ1) is 15.0. The minimum absolute atomic E-state index is 0.0778. The average molecular weight is 449 g/mol. The van der Waals surface area contributed by atoms with E-state index in [0.717, 1.165) is 5.56 Å². The monoisotopic (exact) mass is 448 g/mol. The van der Waals surface area contributed by atoms with Gasteiger partial charge in [0, 0.05) is 19.8 Å². The second-order valence-electron chi connectivity index (χ2n) is 8.03. The Kier molecular flexibility index (Phi) is 10.9. The minimum Gasteiger partial charge on any atom is -0.481 e. The number of rotatable bonds is 13. The molecule has 3 atom stereocenters. The molecule has 1 rings (SSSR count). The van der Waals surface area contributed by atoms with E-state index in [1.807, 2.05) is 19.9 Å². The van der Waals surface area contributed by atoms with Crippen LogP contribution in [0.2, 0.25) is 0 Å². The highest BCUT2D eigenvalue weighted by Gasteiger charge is 2.29. The molecule has 10 heteroatoms. The van der Waals surface area contributed by atoms with E-state index < -0.39 is 47.7 Å². The van der Waals surface area contributed by atoms with E-state index in [0.29, 0.717) is 6.42 Å². The van der Waals surface area contributed by atoms with Crippen molar-refractivity contribution in [3.63, 3.8) is 0 Å². The number of primary amides is 1. The van der Waals surface area contributed by atoms with Gasteiger partial charge in [0.2, 0.25) is 23.6 Å². The van der Waals surface area contributed by atoms with Gasteiger partial charge in [0.25, 0.3) is 0 Å². The molecule has 0 bridgehead atoms. The molecule has 0 radical (unpaired) electrons. The summed E-state index contributed by atoms with van der Waals surface area (Å²) in [5.74, 6) is -3.58. The van der Waals surface area contributed by atoms with Crippen molar-refractivity contribution in [2.75, 3.05) is 0 Å². The zero-order valence-electron chi connectivity index (χ0n) is 18.6. The first-order valence-electron chi connectivity index (χ1n) is 10.4. The molecule has 0 aromatic heterocycles. The van der Waals surface area contributed by atoms with Crippen LogP contribution >= 0.6 is 0 Å². The maximum absolute atomic E-state index is 12.8. The van der Waals surface area contributed by atoms with Crippen molar-refractivity contribution in [3.05, 3.63) is 35.9 Å². The van der Waals surface area contributed by atoms with Crippen LogP contribution in [-0.2, 0) is 30.4 Å². The van der Waals surface area contributed by atoms with Crippen LogP contribution in [-0.4, -0.2) is 52.8 Å².